The zero-order chi connectivity index (χ0) is 12.2. The van der Waals surface area contributed by atoms with E-state index in [0.717, 1.165) is 5.69 Å². The lowest BCUT2D eigenvalue weighted by molar-refractivity contribution is 0.0496. The first-order valence-corrected chi connectivity index (χ1v) is 5.07. The Hall–Kier alpha value is -1.56. The van der Waals surface area contributed by atoms with E-state index < -0.39 is 11.7 Å². The first-order valence-electron chi connectivity index (χ1n) is 5.07. The molecule has 0 unspecified atom stereocenters. The van der Waals surface area contributed by atoms with E-state index in [1.807, 2.05) is 33.9 Å². The number of nitrogens with zero attached hydrogens (tertiary/aromatic N) is 2. The summed E-state index contributed by atoms with van der Waals surface area (Å²) in [6.07, 6.45) is 1.21. The van der Waals surface area contributed by atoms with Gasteiger partial charge in [0.1, 0.15) is 5.60 Å². The number of carbonyl (C=O) groups is 1. The van der Waals surface area contributed by atoms with Crippen LogP contribution in [0.4, 0.5) is 4.79 Å². The van der Waals surface area contributed by atoms with Crippen LogP contribution >= 0.6 is 0 Å². The smallest absolute Gasteiger partial charge is 0.422 e. The molecule has 0 atom stereocenters. The number of rotatable bonds is 3. The monoisotopic (exact) mass is 226 g/mol. The number of aromatic nitrogens is 2. The molecule has 16 heavy (non-hydrogen) atoms. The summed E-state index contributed by atoms with van der Waals surface area (Å²) >= 11 is 0. The van der Waals surface area contributed by atoms with E-state index in [2.05, 4.69) is 16.0 Å². The van der Waals surface area contributed by atoms with Gasteiger partial charge in [-0.25, -0.2) is 10.2 Å². The molecule has 6 heteroatoms. The summed E-state index contributed by atoms with van der Waals surface area (Å²) in [4.78, 5) is 11.3. The Morgan fingerprint density at radius 2 is 2.25 bits per heavy atom. The van der Waals surface area contributed by atoms with Crippen molar-refractivity contribution in [2.45, 2.75) is 32.9 Å². The minimum Gasteiger partial charge on any atom is -0.443 e. The fraction of sp³-hybridized carbons (Fsp3) is 0.600. The number of carbonyl (C=O) groups excluding carboxylic acids is 1. The Bertz CT molecular complexity index is 354. The van der Waals surface area contributed by atoms with Gasteiger partial charge in [0.15, 0.2) is 0 Å². The Morgan fingerprint density at radius 3 is 2.75 bits per heavy atom. The van der Waals surface area contributed by atoms with Crippen LogP contribution in [0, 0.1) is 0 Å². The van der Waals surface area contributed by atoms with Crippen molar-refractivity contribution in [2.75, 3.05) is 0 Å². The zero-order valence-corrected chi connectivity index (χ0v) is 10.1. The molecule has 1 heterocycles. The molecular formula is C10H18N4O2. The topological polar surface area (TPSA) is 68.2 Å². The average molecular weight is 226 g/mol. The Labute approximate surface area is 94.9 Å². The number of ether oxygens (including phenoxy) is 1. The highest BCUT2D eigenvalue weighted by atomic mass is 16.6. The Balaban J connectivity index is 2.26. The zero-order valence-electron chi connectivity index (χ0n) is 10.1. The molecule has 0 radical (unpaired) electrons. The van der Waals surface area contributed by atoms with Crippen LogP contribution in [0.5, 0.6) is 0 Å². The summed E-state index contributed by atoms with van der Waals surface area (Å²) in [7, 11) is 1.84. The number of hydrazine groups is 1. The molecule has 0 aromatic carbocycles. The summed E-state index contributed by atoms with van der Waals surface area (Å²) in [5.41, 5.74) is 5.70. The highest BCUT2D eigenvalue weighted by Gasteiger charge is 2.15. The molecular weight excluding hydrogens is 208 g/mol. The van der Waals surface area contributed by atoms with Crippen LogP contribution in [0.2, 0.25) is 0 Å². The van der Waals surface area contributed by atoms with Gasteiger partial charge in [0.25, 0.3) is 0 Å². The molecule has 1 aromatic rings. The van der Waals surface area contributed by atoms with E-state index in [0.29, 0.717) is 6.54 Å². The van der Waals surface area contributed by atoms with Crippen molar-refractivity contribution in [1.82, 2.24) is 20.6 Å². The van der Waals surface area contributed by atoms with Gasteiger partial charge < -0.3 is 4.74 Å². The minimum atomic E-state index is -0.491. The van der Waals surface area contributed by atoms with Gasteiger partial charge in [-0.15, -0.1) is 0 Å². The lowest BCUT2D eigenvalue weighted by Crippen LogP contribution is -2.41. The van der Waals surface area contributed by atoms with Crippen LogP contribution in [-0.2, 0) is 18.3 Å². The predicted molar refractivity (Wildman–Crippen MR) is 59.4 cm³/mol. The van der Waals surface area contributed by atoms with Crippen LogP contribution < -0.4 is 10.9 Å². The van der Waals surface area contributed by atoms with Crippen LogP contribution in [0.25, 0.3) is 0 Å². The molecule has 1 rings (SSSR count). The second-order valence-corrected chi connectivity index (χ2v) is 4.43. The molecule has 0 bridgehead atoms. The van der Waals surface area contributed by atoms with Gasteiger partial charge >= 0.3 is 6.09 Å². The van der Waals surface area contributed by atoms with E-state index in [1.165, 1.54) is 0 Å². The fourth-order valence-corrected chi connectivity index (χ4v) is 1.09. The van der Waals surface area contributed by atoms with Crippen LogP contribution in [0.3, 0.4) is 0 Å². The average Bonchev–Trinajstić information content (AvgIpc) is 2.48. The quantitative estimate of drug-likeness (QED) is 0.753. The Kier molecular flexibility index (Phi) is 3.89. The maximum atomic E-state index is 11.3. The molecule has 0 aliphatic heterocycles. The standard InChI is InChI=1S/C10H18N4O2/c1-10(2,3)16-9(15)13-11-7-8-5-6-12-14(8)4/h5-6,11H,7H2,1-4H3,(H,13,15). The van der Waals surface area contributed by atoms with E-state index >= 15 is 0 Å². The third kappa shape index (κ3) is 4.31. The molecule has 0 saturated carbocycles. The molecule has 0 saturated heterocycles. The van der Waals surface area contributed by atoms with Gasteiger partial charge in [-0.2, -0.15) is 5.10 Å². The molecule has 0 fully saturated rings. The number of aryl methyl sites for hydroxylation is 1. The van der Waals surface area contributed by atoms with Crippen molar-refractivity contribution in [3.05, 3.63) is 18.0 Å². The van der Waals surface area contributed by atoms with E-state index in [4.69, 9.17) is 4.74 Å². The second kappa shape index (κ2) is 4.98. The first kappa shape index (κ1) is 12.5. The lowest BCUT2D eigenvalue weighted by atomic mass is 10.2. The first-order chi connectivity index (χ1) is 7.38. The molecule has 0 aliphatic carbocycles. The molecule has 90 valence electrons. The van der Waals surface area contributed by atoms with Crippen LogP contribution in [0.15, 0.2) is 12.3 Å². The molecule has 6 nitrogen and oxygen atoms in total. The van der Waals surface area contributed by atoms with Gasteiger partial charge in [-0.1, -0.05) is 0 Å². The minimum absolute atomic E-state index is 0.488. The normalized spacial score (nSPS) is 11.2. The predicted octanol–water partition coefficient (Wildman–Crippen LogP) is 0.949. The number of amides is 1. The van der Waals surface area contributed by atoms with Gasteiger partial charge in [0.05, 0.1) is 12.2 Å². The van der Waals surface area contributed by atoms with Crippen molar-refractivity contribution in [3.8, 4) is 0 Å². The molecule has 1 amide bonds. The van der Waals surface area contributed by atoms with Gasteiger partial charge in [-0.05, 0) is 26.8 Å². The van der Waals surface area contributed by atoms with Crippen molar-refractivity contribution in [1.29, 1.82) is 0 Å². The highest BCUT2D eigenvalue weighted by molar-refractivity contribution is 5.66. The van der Waals surface area contributed by atoms with Crippen molar-refractivity contribution in [3.63, 3.8) is 0 Å². The largest absolute Gasteiger partial charge is 0.443 e. The highest BCUT2D eigenvalue weighted by Crippen LogP contribution is 2.05. The van der Waals surface area contributed by atoms with Gasteiger partial charge in [-0.3, -0.25) is 10.1 Å². The summed E-state index contributed by atoms with van der Waals surface area (Å²) in [5, 5.41) is 4.01. The van der Waals surface area contributed by atoms with Crippen molar-refractivity contribution in [2.24, 2.45) is 7.05 Å². The van der Waals surface area contributed by atoms with E-state index in [-0.39, 0.29) is 0 Å². The van der Waals surface area contributed by atoms with Gasteiger partial charge in [0.2, 0.25) is 0 Å². The fourth-order valence-electron chi connectivity index (χ4n) is 1.09. The summed E-state index contributed by atoms with van der Waals surface area (Å²) in [5.74, 6) is 0. The van der Waals surface area contributed by atoms with E-state index in [1.54, 1.807) is 10.9 Å². The third-order valence-electron chi connectivity index (χ3n) is 1.78. The summed E-state index contributed by atoms with van der Waals surface area (Å²) < 4.78 is 6.78. The van der Waals surface area contributed by atoms with Crippen molar-refractivity contribution < 1.29 is 9.53 Å². The molecule has 2 N–H and O–H groups in total. The summed E-state index contributed by atoms with van der Waals surface area (Å²) in [6.45, 7) is 5.94. The number of hydrogen-bond donors (Lipinski definition) is 2. The lowest BCUT2D eigenvalue weighted by Gasteiger charge is -2.19. The molecule has 1 aromatic heterocycles. The molecule has 0 spiro atoms. The maximum Gasteiger partial charge on any atom is 0.422 e. The van der Waals surface area contributed by atoms with Gasteiger partial charge in [0, 0.05) is 13.2 Å². The van der Waals surface area contributed by atoms with E-state index in [9.17, 15) is 4.79 Å². The second-order valence-electron chi connectivity index (χ2n) is 4.43. The number of hydrogen-bond acceptors (Lipinski definition) is 4. The van der Waals surface area contributed by atoms with Crippen LogP contribution in [0.1, 0.15) is 26.5 Å². The van der Waals surface area contributed by atoms with Crippen LogP contribution in [-0.4, -0.2) is 21.5 Å². The third-order valence-corrected chi connectivity index (χ3v) is 1.78. The summed E-state index contributed by atoms with van der Waals surface area (Å²) in [6, 6.07) is 1.86. The van der Waals surface area contributed by atoms with Crippen molar-refractivity contribution >= 4 is 6.09 Å². The SMILES string of the molecule is Cn1nccc1CNNC(=O)OC(C)(C)C. The number of nitrogens with one attached hydrogen (secondary N) is 2. The molecule has 0 aliphatic rings. The Morgan fingerprint density at radius 1 is 1.56 bits per heavy atom. The maximum absolute atomic E-state index is 11.3.